The maximum Gasteiger partial charge on any atom is 0.427 e. The largest absolute Gasteiger partial charge is 0.427 e. The number of carbonyl (C=O) groups excluding carboxylic acids is 1. The van der Waals surface area contributed by atoms with E-state index in [0.29, 0.717) is 24.4 Å². The SMILES string of the molecule is O=C(NCCNc1ncc(C(F)(F)F)s1)C1CC1. The molecule has 0 saturated heterocycles. The Hall–Kier alpha value is -1.31. The quantitative estimate of drug-likeness (QED) is 0.812. The first-order chi connectivity index (χ1) is 8.47. The van der Waals surface area contributed by atoms with Crippen molar-refractivity contribution in [1.82, 2.24) is 10.3 Å². The third-order valence-electron chi connectivity index (χ3n) is 2.43. The van der Waals surface area contributed by atoms with Crippen molar-refractivity contribution in [2.24, 2.45) is 5.92 Å². The lowest BCUT2D eigenvalue weighted by Crippen LogP contribution is -2.29. The van der Waals surface area contributed by atoms with Gasteiger partial charge in [-0.1, -0.05) is 11.3 Å². The number of halogens is 3. The van der Waals surface area contributed by atoms with Crippen LogP contribution in [0, 0.1) is 5.92 Å². The summed E-state index contributed by atoms with van der Waals surface area (Å²) in [6, 6.07) is 0. The van der Waals surface area contributed by atoms with Gasteiger partial charge in [0.2, 0.25) is 5.91 Å². The molecule has 0 spiro atoms. The van der Waals surface area contributed by atoms with Gasteiger partial charge in [-0.3, -0.25) is 4.79 Å². The third kappa shape index (κ3) is 3.59. The van der Waals surface area contributed by atoms with Gasteiger partial charge < -0.3 is 10.6 Å². The first kappa shape index (κ1) is 13.1. The van der Waals surface area contributed by atoms with Crippen LogP contribution in [0.25, 0.3) is 0 Å². The van der Waals surface area contributed by atoms with Crippen LogP contribution in [0.2, 0.25) is 0 Å². The molecule has 18 heavy (non-hydrogen) atoms. The Labute approximate surface area is 106 Å². The molecule has 2 N–H and O–H groups in total. The molecule has 1 heterocycles. The minimum Gasteiger partial charge on any atom is -0.360 e. The molecule has 0 radical (unpaired) electrons. The molecule has 1 saturated carbocycles. The van der Waals surface area contributed by atoms with Gasteiger partial charge in [0.1, 0.15) is 4.88 Å². The van der Waals surface area contributed by atoms with Crippen LogP contribution in [-0.2, 0) is 11.0 Å². The number of nitrogens with one attached hydrogen (secondary N) is 2. The van der Waals surface area contributed by atoms with Crippen LogP contribution in [0.15, 0.2) is 6.20 Å². The van der Waals surface area contributed by atoms with E-state index in [4.69, 9.17) is 0 Å². The third-order valence-corrected chi connectivity index (χ3v) is 3.43. The van der Waals surface area contributed by atoms with E-state index in [1.165, 1.54) is 0 Å². The van der Waals surface area contributed by atoms with Crippen LogP contribution >= 0.6 is 11.3 Å². The Morgan fingerprint density at radius 3 is 2.72 bits per heavy atom. The number of hydrogen-bond donors (Lipinski definition) is 2. The number of hydrogen-bond acceptors (Lipinski definition) is 4. The first-order valence-corrected chi connectivity index (χ1v) is 6.33. The molecule has 0 bridgehead atoms. The number of rotatable bonds is 5. The van der Waals surface area contributed by atoms with E-state index in [0.717, 1.165) is 19.0 Å². The van der Waals surface area contributed by atoms with Gasteiger partial charge >= 0.3 is 6.18 Å². The highest BCUT2D eigenvalue weighted by Gasteiger charge is 2.33. The summed E-state index contributed by atoms with van der Waals surface area (Å²) in [5.41, 5.74) is 0. The van der Waals surface area contributed by atoms with Crippen molar-refractivity contribution in [2.75, 3.05) is 18.4 Å². The van der Waals surface area contributed by atoms with E-state index in [-0.39, 0.29) is 17.0 Å². The van der Waals surface area contributed by atoms with Crippen LogP contribution < -0.4 is 10.6 Å². The monoisotopic (exact) mass is 279 g/mol. The average Bonchev–Trinajstić information content (AvgIpc) is 3.02. The van der Waals surface area contributed by atoms with E-state index < -0.39 is 11.1 Å². The van der Waals surface area contributed by atoms with Gasteiger partial charge in [0.25, 0.3) is 0 Å². The molecular weight excluding hydrogens is 267 g/mol. The zero-order valence-corrected chi connectivity index (χ0v) is 10.2. The standard InChI is InChI=1S/C10H12F3N3OS/c11-10(12,13)7-5-16-9(18-7)15-4-3-14-8(17)6-1-2-6/h5-6H,1-4H2,(H,14,17)(H,15,16). The lowest BCUT2D eigenvalue weighted by molar-refractivity contribution is -0.134. The molecule has 1 aliphatic carbocycles. The van der Waals surface area contributed by atoms with Gasteiger partial charge in [0.15, 0.2) is 5.13 Å². The Morgan fingerprint density at radius 2 is 2.17 bits per heavy atom. The number of aromatic nitrogens is 1. The van der Waals surface area contributed by atoms with E-state index in [1.807, 2.05) is 0 Å². The van der Waals surface area contributed by atoms with Gasteiger partial charge in [-0.05, 0) is 12.8 Å². The zero-order chi connectivity index (χ0) is 13.2. The van der Waals surface area contributed by atoms with Crippen molar-refractivity contribution >= 4 is 22.4 Å². The fourth-order valence-electron chi connectivity index (χ4n) is 1.33. The molecule has 4 nitrogen and oxygen atoms in total. The molecule has 1 aromatic rings. The molecule has 0 unspecified atom stereocenters. The molecule has 1 aliphatic rings. The van der Waals surface area contributed by atoms with Gasteiger partial charge in [-0.15, -0.1) is 0 Å². The number of amides is 1. The van der Waals surface area contributed by atoms with Crippen LogP contribution in [0.1, 0.15) is 17.7 Å². The fourth-order valence-corrected chi connectivity index (χ4v) is 2.04. The lowest BCUT2D eigenvalue weighted by atomic mass is 10.4. The van der Waals surface area contributed by atoms with Crippen LogP contribution in [0.3, 0.4) is 0 Å². The predicted molar refractivity (Wildman–Crippen MR) is 61.3 cm³/mol. The molecule has 1 aromatic heterocycles. The number of thiazole rings is 1. The Bertz CT molecular complexity index is 428. The number of carbonyl (C=O) groups is 1. The minimum absolute atomic E-state index is 0.0203. The highest BCUT2D eigenvalue weighted by Crippen LogP contribution is 2.34. The summed E-state index contributed by atoms with van der Waals surface area (Å²) >= 11 is 0.557. The molecule has 0 aromatic carbocycles. The molecule has 1 amide bonds. The van der Waals surface area contributed by atoms with E-state index in [9.17, 15) is 18.0 Å². The summed E-state index contributed by atoms with van der Waals surface area (Å²) in [6.07, 6.45) is -1.69. The van der Waals surface area contributed by atoms with Crippen molar-refractivity contribution < 1.29 is 18.0 Å². The van der Waals surface area contributed by atoms with Gasteiger partial charge in [-0.2, -0.15) is 13.2 Å². The molecule has 1 fully saturated rings. The second-order valence-electron chi connectivity index (χ2n) is 4.02. The normalized spacial score (nSPS) is 15.5. The highest BCUT2D eigenvalue weighted by atomic mass is 32.1. The predicted octanol–water partition coefficient (Wildman–Crippen LogP) is 2.10. The van der Waals surface area contributed by atoms with E-state index in [1.54, 1.807) is 0 Å². The maximum absolute atomic E-state index is 12.3. The van der Waals surface area contributed by atoms with Gasteiger partial charge in [0, 0.05) is 19.0 Å². The van der Waals surface area contributed by atoms with Crippen molar-refractivity contribution in [3.05, 3.63) is 11.1 Å². The molecule has 0 aliphatic heterocycles. The van der Waals surface area contributed by atoms with E-state index in [2.05, 4.69) is 15.6 Å². The van der Waals surface area contributed by atoms with Crippen LogP contribution in [0.5, 0.6) is 0 Å². The van der Waals surface area contributed by atoms with Crippen molar-refractivity contribution in [3.8, 4) is 0 Å². The van der Waals surface area contributed by atoms with Crippen LogP contribution in [-0.4, -0.2) is 24.0 Å². The molecule has 8 heteroatoms. The number of anilines is 1. The average molecular weight is 279 g/mol. The minimum atomic E-state index is -4.35. The summed E-state index contributed by atoms with van der Waals surface area (Å²) in [5.74, 6) is 0.161. The number of alkyl halides is 3. The highest BCUT2D eigenvalue weighted by molar-refractivity contribution is 7.15. The van der Waals surface area contributed by atoms with Crippen LogP contribution in [0.4, 0.5) is 18.3 Å². The van der Waals surface area contributed by atoms with Gasteiger partial charge in [-0.25, -0.2) is 4.98 Å². The molecule has 100 valence electrons. The molecular formula is C10H12F3N3OS. The summed E-state index contributed by atoms with van der Waals surface area (Å²) in [4.78, 5) is 14.1. The molecule has 2 rings (SSSR count). The Balaban J connectivity index is 1.70. The smallest absolute Gasteiger partial charge is 0.360 e. The molecule has 0 atom stereocenters. The summed E-state index contributed by atoms with van der Waals surface area (Å²) < 4.78 is 36.8. The maximum atomic E-state index is 12.3. The lowest BCUT2D eigenvalue weighted by Gasteiger charge is -2.04. The van der Waals surface area contributed by atoms with E-state index >= 15 is 0 Å². The Morgan fingerprint density at radius 1 is 1.44 bits per heavy atom. The summed E-state index contributed by atoms with van der Waals surface area (Å²) in [5, 5.41) is 5.66. The topological polar surface area (TPSA) is 54.0 Å². The fraction of sp³-hybridized carbons (Fsp3) is 0.600. The number of nitrogens with zero attached hydrogens (tertiary/aromatic N) is 1. The second-order valence-corrected chi connectivity index (χ2v) is 5.05. The van der Waals surface area contributed by atoms with Gasteiger partial charge in [0.05, 0.1) is 6.20 Å². The zero-order valence-electron chi connectivity index (χ0n) is 9.38. The Kier molecular flexibility index (Phi) is 3.74. The van der Waals surface area contributed by atoms with Crippen molar-refractivity contribution in [2.45, 2.75) is 19.0 Å². The summed E-state index contributed by atoms with van der Waals surface area (Å²) in [6.45, 7) is 0.750. The van der Waals surface area contributed by atoms with Crippen molar-refractivity contribution in [3.63, 3.8) is 0 Å². The first-order valence-electron chi connectivity index (χ1n) is 5.51. The van der Waals surface area contributed by atoms with Crippen molar-refractivity contribution in [1.29, 1.82) is 0 Å². The summed E-state index contributed by atoms with van der Waals surface area (Å²) in [7, 11) is 0. The second kappa shape index (κ2) is 5.13.